The van der Waals surface area contributed by atoms with Crippen molar-refractivity contribution in [3.05, 3.63) is 57.6 Å². The molecule has 1 atom stereocenters. The maximum absolute atomic E-state index is 12.7. The van der Waals surface area contributed by atoms with Gasteiger partial charge in [0.2, 0.25) is 0 Å². The van der Waals surface area contributed by atoms with E-state index in [4.69, 9.17) is 9.47 Å². The number of aromatic nitrogens is 3. The standard InChI is InChI=1S/C27H33N3O5/c1-16-20(14-29(5)28-16)19-12-18-17(10-24(19)35-9-7-8-34-6)11-25(27(2,3)4)30-15-21(26(32)33)23(31)13-22(18)30/h10,12-15,25H,7-9,11H2,1-6H3,(H,32,33). The summed E-state index contributed by atoms with van der Waals surface area (Å²) in [4.78, 5) is 24.5. The van der Waals surface area contributed by atoms with Crippen LogP contribution in [0.4, 0.5) is 0 Å². The molecule has 0 amide bonds. The number of carbonyl (C=O) groups is 1. The minimum absolute atomic E-state index is 0.0315. The van der Waals surface area contributed by atoms with Gasteiger partial charge in [-0.25, -0.2) is 4.79 Å². The highest BCUT2D eigenvalue weighted by Gasteiger charge is 2.34. The average molecular weight is 480 g/mol. The van der Waals surface area contributed by atoms with Gasteiger partial charge in [-0.05, 0) is 36.5 Å². The zero-order valence-corrected chi connectivity index (χ0v) is 21.2. The largest absolute Gasteiger partial charge is 0.493 e. The minimum Gasteiger partial charge on any atom is -0.493 e. The van der Waals surface area contributed by atoms with Crippen molar-refractivity contribution < 1.29 is 19.4 Å². The van der Waals surface area contributed by atoms with E-state index in [1.165, 1.54) is 12.3 Å². The lowest BCUT2D eigenvalue weighted by Gasteiger charge is -2.39. The Balaban J connectivity index is 1.94. The number of hydrogen-bond donors (Lipinski definition) is 1. The summed E-state index contributed by atoms with van der Waals surface area (Å²) >= 11 is 0. The van der Waals surface area contributed by atoms with E-state index in [0.29, 0.717) is 19.6 Å². The molecule has 2 aromatic heterocycles. The number of methoxy groups -OCH3 is 1. The van der Waals surface area contributed by atoms with Gasteiger partial charge in [0, 0.05) is 68.4 Å². The van der Waals surface area contributed by atoms with Crippen LogP contribution >= 0.6 is 0 Å². The van der Waals surface area contributed by atoms with Gasteiger partial charge in [0.05, 0.1) is 18.0 Å². The fraction of sp³-hybridized carbons (Fsp3) is 0.444. The number of ether oxygens (including phenoxy) is 2. The van der Waals surface area contributed by atoms with Crippen LogP contribution in [-0.2, 0) is 18.2 Å². The lowest BCUT2D eigenvalue weighted by atomic mass is 9.78. The molecule has 0 spiro atoms. The summed E-state index contributed by atoms with van der Waals surface area (Å²) in [5, 5.41) is 14.1. The zero-order chi connectivity index (χ0) is 25.5. The van der Waals surface area contributed by atoms with Crippen molar-refractivity contribution in [2.45, 2.75) is 46.6 Å². The van der Waals surface area contributed by atoms with E-state index >= 15 is 0 Å². The zero-order valence-electron chi connectivity index (χ0n) is 21.2. The molecular formula is C27H33N3O5. The highest BCUT2D eigenvalue weighted by atomic mass is 16.5. The van der Waals surface area contributed by atoms with Crippen molar-refractivity contribution in [3.63, 3.8) is 0 Å². The van der Waals surface area contributed by atoms with Crippen LogP contribution in [0.1, 0.15) is 54.8 Å². The summed E-state index contributed by atoms with van der Waals surface area (Å²) in [6.45, 7) is 9.46. The first kappa shape index (κ1) is 24.7. The number of carboxylic acid groups (broad SMARTS) is 1. The molecule has 1 aromatic carbocycles. The molecule has 8 heteroatoms. The van der Waals surface area contributed by atoms with Gasteiger partial charge < -0.3 is 19.1 Å². The molecule has 0 bridgehead atoms. The number of aryl methyl sites for hydroxylation is 2. The van der Waals surface area contributed by atoms with Crippen LogP contribution in [0.15, 0.2) is 35.4 Å². The molecule has 35 heavy (non-hydrogen) atoms. The van der Waals surface area contributed by atoms with E-state index in [1.54, 1.807) is 11.8 Å². The Hall–Kier alpha value is -3.39. The lowest BCUT2D eigenvalue weighted by Crippen LogP contribution is -2.32. The summed E-state index contributed by atoms with van der Waals surface area (Å²) in [7, 11) is 3.55. The predicted molar refractivity (Wildman–Crippen MR) is 134 cm³/mol. The van der Waals surface area contributed by atoms with E-state index < -0.39 is 11.4 Å². The minimum atomic E-state index is -1.21. The molecule has 1 aliphatic rings. The van der Waals surface area contributed by atoms with E-state index in [2.05, 4.69) is 38.0 Å². The molecule has 186 valence electrons. The number of aromatic carboxylic acids is 1. The SMILES string of the molecule is COCCCOc1cc2c(cc1-c1cn(C)nc1C)-c1cc(=O)c(C(=O)O)cn1C(C(C)(C)C)C2. The lowest BCUT2D eigenvalue weighted by molar-refractivity contribution is 0.0693. The predicted octanol–water partition coefficient (Wildman–Crippen LogP) is 4.48. The van der Waals surface area contributed by atoms with Crippen LogP contribution < -0.4 is 10.2 Å². The first-order valence-electron chi connectivity index (χ1n) is 11.8. The summed E-state index contributed by atoms with van der Waals surface area (Å²) < 4.78 is 15.1. The smallest absolute Gasteiger partial charge is 0.341 e. The summed E-state index contributed by atoms with van der Waals surface area (Å²) in [5.41, 5.74) is 4.52. The van der Waals surface area contributed by atoms with Crippen molar-refractivity contribution in [3.8, 4) is 28.1 Å². The second kappa shape index (κ2) is 9.34. The Morgan fingerprint density at radius 1 is 1.14 bits per heavy atom. The number of rotatable bonds is 7. The van der Waals surface area contributed by atoms with Gasteiger partial charge in [0.1, 0.15) is 11.3 Å². The third-order valence-electron chi connectivity index (χ3n) is 6.59. The number of fused-ring (bicyclic) bond motifs is 3. The molecule has 3 aromatic rings. The maximum Gasteiger partial charge on any atom is 0.341 e. The second-order valence-electron chi connectivity index (χ2n) is 10.2. The van der Waals surface area contributed by atoms with Crippen molar-refractivity contribution in [2.75, 3.05) is 20.3 Å². The third kappa shape index (κ3) is 4.75. The van der Waals surface area contributed by atoms with E-state index in [0.717, 1.165) is 45.8 Å². The summed E-state index contributed by atoms with van der Waals surface area (Å²) in [6.07, 6.45) is 4.91. The molecule has 3 heterocycles. The molecule has 1 N–H and O–H groups in total. The molecule has 4 rings (SSSR count). The Morgan fingerprint density at radius 3 is 2.49 bits per heavy atom. The fourth-order valence-electron chi connectivity index (χ4n) is 4.82. The van der Waals surface area contributed by atoms with Gasteiger partial charge in [0.25, 0.3) is 0 Å². The molecule has 8 nitrogen and oxygen atoms in total. The topological polar surface area (TPSA) is 95.6 Å². The Bertz CT molecular complexity index is 1330. The van der Waals surface area contributed by atoms with Crippen molar-refractivity contribution in [1.82, 2.24) is 14.3 Å². The number of benzene rings is 1. The van der Waals surface area contributed by atoms with E-state index in [-0.39, 0.29) is 17.0 Å². The van der Waals surface area contributed by atoms with Gasteiger partial charge in [-0.1, -0.05) is 20.8 Å². The van der Waals surface area contributed by atoms with Gasteiger partial charge in [-0.15, -0.1) is 0 Å². The van der Waals surface area contributed by atoms with Crippen LogP contribution in [0.5, 0.6) is 5.75 Å². The summed E-state index contributed by atoms with van der Waals surface area (Å²) in [5.74, 6) is -0.447. The van der Waals surface area contributed by atoms with Gasteiger partial charge >= 0.3 is 5.97 Å². The molecule has 0 fully saturated rings. The molecule has 0 aliphatic carbocycles. The number of pyridine rings is 1. The van der Waals surface area contributed by atoms with Gasteiger partial charge in [-0.3, -0.25) is 9.48 Å². The van der Waals surface area contributed by atoms with Gasteiger partial charge in [-0.2, -0.15) is 5.10 Å². The number of carboxylic acids is 1. The number of nitrogens with zero attached hydrogens (tertiary/aromatic N) is 3. The first-order chi connectivity index (χ1) is 16.5. The first-order valence-corrected chi connectivity index (χ1v) is 11.8. The molecule has 0 saturated carbocycles. The Kier molecular flexibility index (Phi) is 6.60. The normalized spacial score (nSPS) is 15.0. The second-order valence-corrected chi connectivity index (χ2v) is 10.2. The van der Waals surface area contributed by atoms with Crippen LogP contribution in [-0.4, -0.2) is 45.7 Å². The van der Waals surface area contributed by atoms with E-state index in [9.17, 15) is 14.7 Å². The van der Waals surface area contributed by atoms with Crippen LogP contribution in [0, 0.1) is 12.3 Å². The van der Waals surface area contributed by atoms with Crippen molar-refractivity contribution in [2.24, 2.45) is 12.5 Å². The highest BCUT2D eigenvalue weighted by Crippen LogP contribution is 2.46. The third-order valence-corrected chi connectivity index (χ3v) is 6.59. The fourth-order valence-corrected chi connectivity index (χ4v) is 4.82. The molecule has 0 saturated heterocycles. The van der Waals surface area contributed by atoms with Gasteiger partial charge in [0.15, 0.2) is 5.43 Å². The van der Waals surface area contributed by atoms with Crippen molar-refractivity contribution >= 4 is 5.97 Å². The molecule has 1 unspecified atom stereocenters. The highest BCUT2D eigenvalue weighted by molar-refractivity contribution is 5.88. The quantitative estimate of drug-likeness (QED) is 0.502. The average Bonchev–Trinajstić information content (AvgIpc) is 3.12. The number of hydrogen-bond acceptors (Lipinski definition) is 5. The Labute approximate surface area is 205 Å². The Morgan fingerprint density at radius 2 is 1.89 bits per heavy atom. The van der Waals surface area contributed by atoms with Crippen LogP contribution in [0.2, 0.25) is 0 Å². The monoisotopic (exact) mass is 479 g/mol. The van der Waals surface area contributed by atoms with Crippen LogP contribution in [0.25, 0.3) is 22.4 Å². The summed E-state index contributed by atoms with van der Waals surface area (Å²) in [6, 6.07) is 5.55. The molecule has 0 radical (unpaired) electrons. The molecule has 1 aliphatic heterocycles. The maximum atomic E-state index is 12.7. The molecular weight excluding hydrogens is 446 g/mol. The van der Waals surface area contributed by atoms with E-state index in [1.807, 2.05) is 24.7 Å². The van der Waals surface area contributed by atoms with Crippen LogP contribution in [0.3, 0.4) is 0 Å². The van der Waals surface area contributed by atoms with Crippen molar-refractivity contribution in [1.29, 1.82) is 0 Å².